The minimum atomic E-state index is 0.219. The quantitative estimate of drug-likeness (QED) is 0.812. The van der Waals surface area contributed by atoms with E-state index in [4.69, 9.17) is 4.74 Å². The summed E-state index contributed by atoms with van der Waals surface area (Å²) in [4.78, 5) is 2.69. The van der Waals surface area contributed by atoms with Gasteiger partial charge < -0.3 is 10.1 Å². The molecule has 1 saturated heterocycles. The summed E-state index contributed by atoms with van der Waals surface area (Å²) in [6, 6.07) is 0.506. The molecule has 1 aliphatic carbocycles. The molecule has 1 aliphatic heterocycles. The highest BCUT2D eigenvalue weighted by Crippen LogP contribution is 2.45. The number of methoxy groups -OCH3 is 1. The lowest BCUT2D eigenvalue weighted by atomic mass is 9.85. The second-order valence-electron chi connectivity index (χ2n) is 6.80. The van der Waals surface area contributed by atoms with Crippen LogP contribution in [0.3, 0.4) is 0 Å². The van der Waals surface area contributed by atoms with Gasteiger partial charge in [0.05, 0.1) is 6.61 Å². The molecule has 0 aromatic rings. The van der Waals surface area contributed by atoms with Gasteiger partial charge in [-0.1, -0.05) is 0 Å². The molecule has 3 heteroatoms. The fourth-order valence-corrected chi connectivity index (χ4v) is 3.26. The van der Waals surface area contributed by atoms with E-state index in [0.717, 1.165) is 25.6 Å². The van der Waals surface area contributed by atoms with Crippen LogP contribution in [0.25, 0.3) is 0 Å². The molecule has 0 aromatic heterocycles. The summed E-state index contributed by atoms with van der Waals surface area (Å²) < 4.78 is 5.36. The first kappa shape index (κ1) is 13.3. The predicted octanol–water partition coefficient (Wildman–Crippen LogP) is 1.87. The van der Waals surface area contributed by atoms with Crippen molar-refractivity contribution in [2.75, 3.05) is 26.8 Å². The molecule has 1 heterocycles. The number of nitrogens with zero attached hydrogens (tertiary/aromatic N) is 1. The van der Waals surface area contributed by atoms with E-state index in [9.17, 15) is 0 Å². The van der Waals surface area contributed by atoms with Crippen molar-refractivity contribution in [3.05, 3.63) is 0 Å². The molecule has 3 nitrogen and oxygen atoms in total. The van der Waals surface area contributed by atoms with E-state index in [0.29, 0.717) is 11.6 Å². The Hall–Kier alpha value is -0.120. The first-order valence-corrected chi connectivity index (χ1v) is 6.90. The number of rotatable bonds is 4. The molecule has 0 radical (unpaired) electrons. The van der Waals surface area contributed by atoms with Crippen LogP contribution in [0.1, 0.15) is 40.5 Å². The normalized spacial score (nSPS) is 35.8. The van der Waals surface area contributed by atoms with Crippen molar-refractivity contribution in [3.63, 3.8) is 0 Å². The minimum Gasteiger partial charge on any atom is -0.383 e. The van der Waals surface area contributed by atoms with Crippen molar-refractivity contribution in [1.82, 2.24) is 10.2 Å². The van der Waals surface area contributed by atoms with Crippen LogP contribution in [0.4, 0.5) is 0 Å². The first-order valence-electron chi connectivity index (χ1n) is 6.90. The zero-order valence-electron chi connectivity index (χ0n) is 12.0. The Bertz CT molecular complexity index is 275. The maximum Gasteiger partial charge on any atom is 0.0615 e. The van der Waals surface area contributed by atoms with E-state index in [1.165, 1.54) is 12.8 Å². The Morgan fingerprint density at radius 1 is 1.35 bits per heavy atom. The molecule has 2 aliphatic rings. The monoisotopic (exact) mass is 240 g/mol. The van der Waals surface area contributed by atoms with Crippen LogP contribution in [0.5, 0.6) is 0 Å². The number of piperazine rings is 1. The summed E-state index contributed by atoms with van der Waals surface area (Å²) in [5.74, 6) is 0.880. The van der Waals surface area contributed by atoms with Crippen molar-refractivity contribution in [3.8, 4) is 0 Å². The summed E-state index contributed by atoms with van der Waals surface area (Å²) >= 11 is 0. The summed E-state index contributed by atoms with van der Waals surface area (Å²) in [5.41, 5.74) is 0.546. The Labute approximate surface area is 106 Å². The number of hydrogen-bond acceptors (Lipinski definition) is 3. The second-order valence-corrected chi connectivity index (χ2v) is 6.80. The molecule has 0 aromatic carbocycles. The predicted molar refractivity (Wildman–Crippen MR) is 71.3 cm³/mol. The maximum absolute atomic E-state index is 5.36. The number of nitrogens with one attached hydrogen (secondary N) is 1. The maximum atomic E-state index is 5.36. The molecule has 2 fully saturated rings. The van der Waals surface area contributed by atoms with Gasteiger partial charge in [-0.3, -0.25) is 4.90 Å². The molecular weight excluding hydrogens is 212 g/mol. The van der Waals surface area contributed by atoms with Crippen molar-refractivity contribution in [2.45, 2.75) is 57.7 Å². The molecule has 100 valence electrons. The van der Waals surface area contributed by atoms with Crippen molar-refractivity contribution < 1.29 is 4.74 Å². The lowest BCUT2D eigenvalue weighted by Crippen LogP contribution is -2.70. The van der Waals surface area contributed by atoms with Crippen LogP contribution in [0, 0.1) is 5.92 Å². The van der Waals surface area contributed by atoms with Crippen LogP contribution in [-0.2, 0) is 4.74 Å². The van der Waals surface area contributed by atoms with E-state index < -0.39 is 0 Å². The highest BCUT2D eigenvalue weighted by molar-refractivity contribution is 5.08. The molecule has 2 unspecified atom stereocenters. The van der Waals surface area contributed by atoms with E-state index in [2.05, 4.69) is 37.9 Å². The van der Waals surface area contributed by atoms with Gasteiger partial charge in [-0.05, 0) is 46.5 Å². The second kappa shape index (κ2) is 4.52. The number of hydrogen-bond donors (Lipinski definition) is 1. The Morgan fingerprint density at radius 2 is 2.00 bits per heavy atom. The third kappa shape index (κ3) is 2.67. The van der Waals surface area contributed by atoms with E-state index in [1.807, 2.05) is 0 Å². The van der Waals surface area contributed by atoms with Crippen molar-refractivity contribution in [1.29, 1.82) is 0 Å². The van der Waals surface area contributed by atoms with E-state index in [1.54, 1.807) is 7.11 Å². The van der Waals surface area contributed by atoms with Crippen LogP contribution in [-0.4, -0.2) is 48.8 Å². The summed E-state index contributed by atoms with van der Waals surface area (Å²) in [6.07, 6.45) is 2.80. The molecule has 0 bridgehead atoms. The van der Waals surface area contributed by atoms with E-state index >= 15 is 0 Å². The highest BCUT2D eigenvalue weighted by Gasteiger charge is 2.50. The van der Waals surface area contributed by atoms with Crippen molar-refractivity contribution >= 4 is 0 Å². The molecule has 0 amide bonds. The van der Waals surface area contributed by atoms with Crippen molar-refractivity contribution in [2.24, 2.45) is 5.92 Å². The van der Waals surface area contributed by atoms with Gasteiger partial charge in [0.25, 0.3) is 0 Å². The zero-order chi connectivity index (χ0) is 12.7. The lowest BCUT2D eigenvalue weighted by Gasteiger charge is -2.54. The molecule has 0 spiro atoms. The third-order valence-electron chi connectivity index (χ3n) is 4.54. The first-order chi connectivity index (χ1) is 7.89. The Kier molecular flexibility index (Phi) is 3.54. The molecular formula is C14H28N2O. The fraction of sp³-hybridized carbons (Fsp3) is 1.00. The molecule has 2 atom stereocenters. The number of ether oxygens (including phenoxy) is 1. The van der Waals surface area contributed by atoms with Gasteiger partial charge in [0.1, 0.15) is 0 Å². The van der Waals surface area contributed by atoms with Gasteiger partial charge in [0.2, 0.25) is 0 Å². The van der Waals surface area contributed by atoms with Crippen LogP contribution in [0.15, 0.2) is 0 Å². The average Bonchev–Trinajstić information content (AvgIpc) is 3.06. The van der Waals surface area contributed by atoms with Gasteiger partial charge in [-0.15, -0.1) is 0 Å². The lowest BCUT2D eigenvalue weighted by molar-refractivity contribution is -0.0374. The molecule has 2 rings (SSSR count). The van der Waals surface area contributed by atoms with Gasteiger partial charge in [0, 0.05) is 37.3 Å². The SMILES string of the molecule is COCC(C)N1CC(C)(C)NCC1(C)C1CC1. The Morgan fingerprint density at radius 3 is 2.53 bits per heavy atom. The largest absolute Gasteiger partial charge is 0.383 e. The fourth-order valence-electron chi connectivity index (χ4n) is 3.26. The standard InChI is InChI=1S/C14H28N2O/c1-11(8-17-5)16-10-13(2,3)15-9-14(16,4)12-6-7-12/h11-12,15H,6-10H2,1-5H3. The summed E-state index contributed by atoms with van der Waals surface area (Å²) in [6.45, 7) is 12.4. The molecule has 17 heavy (non-hydrogen) atoms. The average molecular weight is 240 g/mol. The molecule has 1 saturated carbocycles. The van der Waals surface area contributed by atoms with Crippen LogP contribution < -0.4 is 5.32 Å². The van der Waals surface area contributed by atoms with Gasteiger partial charge >= 0.3 is 0 Å². The minimum absolute atomic E-state index is 0.219. The smallest absolute Gasteiger partial charge is 0.0615 e. The summed E-state index contributed by atoms with van der Waals surface area (Å²) in [5, 5.41) is 3.71. The van der Waals surface area contributed by atoms with E-state index in [-0.39, 0.29) is 5.54 Å². The zero-order valence-corrected chi connectivity index (χ0v) is 12.0. The summed E-state index contributed by atoms with van der Waals surface area (Å²) in [7, 11) is 1.80. The van der Waals surface area contributed by atoms with Gasteiger partial charge in [-0.2, -0.15) is 0 Å². The third-order valence-corrected chi connectivity index (χ3v) is 4.54. The van der Waals surface area contributed by atoms with Crippen LogP contribution in [0.2, 0.25) is 0 Å². The highest BCUT2D eigenvalue weighted by atomic mass is 16.5. The van der Waals surface area contributed by atoms with Gasteiger partial charge in [-0.25, -0.2) is 0 Å². The van der Waals surface area contributed by atoms with Gasteiger partial charge in [0.15, 0.2) is 0 Å². The van der Waals surface area contributed by atoms with Crippen LogP contribution >= 0.6 is 0 Å². The Balaban J connectivity index is 2.14. The molecule has 1 N–H and O–H groups in total. The topological polar surface area (TPSA) is 24.5 Å².